The molecule has 3 unspecified atom stereocenters. The molecule has 0 bridgehead atoms. The van der Waals surface area contributed by atoms with Gasteiger partial charge in [0.25, 0.3) is 10.1 Å². The van der Waals surface area contributed by atoms with Crippen LogP contribution in [0.5, 0.6) is 0 Å². The molecule has 0 spiro atoms. The van der Waals surface area contributed by atoms with Crippen LogP contribution in [0.1, 0.15) is 86.9 Å². The van der Waals surface area contributed by atoms with Gasteiger partial charge in [-0.25, -0.2) is 4.79 Å². The molecule has 0 rings (SSSR count). The maximum Gasteiger partial charge on any atom is 1.00 e. The third-order valence-corrected chi connectivity index (χ3v) is 6.18. The molecule has 0 saturated heterocycles. The van der Waals surface area contributed by atoms with E-state index in [-0.39, 0.29) is 62.3 Å². The van der Waals surface area contributed by atoms with Gasteiger partial charge >= 0.3 is 47.5 Å². The van der Waals surface area contributed by atoms with E-state index < -0.39 is 39.7 Å². The van der Waals surface area contributed by atoms with Crippen molar-refractivity contribution in [3.63, 3.8) is 0 Å². The maximum atomic E-state index is 12.2. The number of carbonyl (C=O) groups excluding carboxylic acids is 3. The topological polar surface area (TPSA) is 161 Å². The number of ether oxygens (including phenoxy) is 2. The molecular formula is C22H41NaO10S. The van der Waals surface area contributed by atoms with Crippen molar-refractivity contribution in [2.24, 2.45) is 11.8 Å². The fourth-order valence-electron chi connectivity index (χ4n) is 2.82. The molecule has 0 aliphatic rings. The van der Waals surface area contributed by atoms with Crippen LogP contribution >= 0.6 is 0 Å². The van der Waals surface area contributed by atoms with E-state index in [9.17, 15) is 22.6 Å². The van der Waals surface area contributed by atoms with Crippen molar-refractivity contribution in [3.05, 3.63) is 0 Å². The second-order valence-corrected chi connectivity index (χ2v) is 9.41. The van der Waals surface area contributed by atoms with Gasteiger partial charge in [-0.1, -0.05) is 66.2 Å². The molecule has 0 heterocycles. The Morgan fingerprint density at radius 2 is 1.32 bits per heavy atom. The molecule has 0 aliphatic heterocycles. The Morgan fingerprint density at radius 3 is 1.65 bits per heavy atom. The van der Waals surface area contributed by atoms with Crippen LogP contribution < -0.4 is 29.6 Å². The Morgan fingerprint density at radius 1 is 0.912 bits per heavy atom. The summed E-state index contributed by atoms with van der Waals surface area (Å²) in [6.07, 6.45) is 6.57. The number of hydrogen-bond acceptors (Lipinski definition) is 8. The first-order chi connectivity index (χ1) is 15.5. The number of carboxylic acid groups (broad SMARTS) is 1. The van der Waals surface area contributed by atoms with Crippen LogP contribution in [0.25, 0.3) is 0 Å². The number of esters is 2. The van der Waals surface area contributed by atoms with E-state index in [1.165, 1.54) is 0 Å². The minimum Gasteiger partial charge on any atom is -1.00 e. The maximum absolute atomic E-state index is 12.2. The van der Waals surface area contributed by atoms with Gasteiger partial charge in [-0.3, -0.25) is 18.9 Å². The summed E-state index contributed by atoms with van der Waals surface area (Å²) < 4.78 is 42.8. The van der Waals surface area contributed by atoms with Gasteiger partial charge in [0.05, 0.1) is 19.6 Å². The number of aliphatic carboxylic acids is 1. The van der Waals surface area contributed by atoms with Gasteiger partial charge in [-0.05, 0) is 24.7 Å². The van der Waals surface area contributed by atoms with Crippen molar-refractivity contribution in [2.75, 3.05) is 13.2 Å². The van der Waals surface area contributed by atoms with Crippen LogP contribution in [-0.2, 0) is 38.8 Å². The molecule has 0 fully saturated rings. The van der Waals surface area contributed by atoms with Crippen molar-refractivity contribution in [3.8, 4) is 0 Å². The Bertz CT molecular complexity index is 688. The number of aldehydes is 1. The Hall–Kier alpha value is -1.01. The van der Waals surface area contributed by atoms with Crippen LogP contribution in [0.4, 0.5) is 0 Å². The Balaban J connectivity index is -0.000000619. The second-order valence-electron chi connectivity index (χ2n) is 7.81. The molecule has 0 aromatic heterocycles. The average Bonchev–Trinajstić information content (AvgIpc) is 2.77. The van der Waals surface area contributed by atoms with Crippen molar-refractivity contribution in [2.45, 2.75) is 90.7 Å². The zero-order chi connectivity index (χ0) is 25.9. The van der Waals surface area contributed by atoms with Gasteiger partial charge in [0, 0.05) is 0 Å². The summed E-state index contributed by atoms with van der Waals surface area (Å²) in [5.41, 5.74) is 0. The number of carbonyl (C=O) groups is 4. The first-order valence-electron chi connectivity index (χ1n) is 11.4. The molecule has 0 saturated carbocycles. The van der Waals surface area contributed by atoms with Crippen LogP contribution in [0, 0.1) is 11.8 Å². The van der Waals surface area contributed by atoms with Gasteiger partial charge in [0.1, 0.15) is 0 Å². The van der Waals surface area contributed by atoms with Gasteiger partial charge in [-0.15, -0.1) is 0 Å². The van der Waals surface area contributed by atoms with Crippen molar-refractivity contribution < 1.29 is 77.7 Å². The van der Waals surface area contributed by atoms with Crippen molar-refractivity contribution >= 4 is 34.3 Å². The zero-order valence-corrected chi connectivity index (χ0v) is 24.0. The number of rotatable bonds is 17. The monoisotopic (exact) mass is 520 g/mol. The normalized spacial score (nSPS) is 13.2. The zero-order valence-electron chi connectivity index (χ0n) is 22.2. The van der Waals surface area contributed by atoms with Crippen molar-refractivity contribution in [1.82, 2.24) is 0 Å². The smallest absolute Gasteiger partial charge is 1.00 e. The number of carboxylic acids is 1. The van der Waals surface area contributed by atoms with Crippen LogP contribution in [0.2, 0.25) is 0 Å². The summed E-state index contributed by atoms with van der Waals surface area (Å²) >= 11 is 0. The number of unbranched alkanes of at least 4 members (excludes halogenated alkanes) is 2. The molecule has 34 heavy (non-hydrogen) atoms. The van der Waals surface area contributed by atoms with Gasteiger partial charge < -0.3 is 16.0 Å². The van der Waals surface area contributed by atoms with E-state index in [4.69, 9.17) is 24.2 Å². The van der Waals surface area contributed by atoms with Crippen LogP contribution in [0.3, 0.4) is 0 Å². The molecule has 0 aliphatic carbocycles. The standard InChI is InChI=1S/C20H38O7S.C2H2O3.Na.H/c1-5-9-11-16(7-3)14-26-19(21)13-18(28(23,24)25)20(22)27-15-17(8-4)12-10-6-2;3-1-2(4)5;;/h16-18H,5-15H2,1-4H3,(H,23,24,25);1H,(H,4,5);;/q;;+1;-1. The average molecular weight is 521 g/mol. The first kappa shape index (κ1) is 37.5. The fourth-order valence-corrected chi connectivity index (χ4v) is 3.48. The Labute approximate surface area is 227 Å². The molecule has 3 atom stereocenters. The first-order valence-corrected chi connectivity index (χ1v) is 12.9. The van der Waals surface area contributed by atoms with E-state index >= 15 is 0 Å². The fraction of sp³-hybridized carbons (Fsp3) is 0.818. The van der Waals surface area contributed by atoms with E-state index in [0.29, 0.717) is 0 Å². The SMILES string of the molecule is CCCCC(CC)COC(=O)CC(C(=O)OCC(CC)CCCC)S(=O)(=O)O.O=CC(=O)O.[H-].[Na+]. The van der Waals surface area contributed by atoms with Gasteiger partial charge in [0.15, 0.2) is 5.25 Å². The third-order valence-electron chi connectivity index (χ3n) is 5.10. The summed E-state index contributed by atoms with van der Waals surface area (Å²) in [5, 5.41) is 5.41. The Kier molecular flexibility index (Phi) is 24.8. The van der Waals surface area contributed by atoms with E-state index in [2.05, 4.69) is 13.8 Å². The predicted octanol–water partition coefficient (Wildman–Crippen LogP) is 0.539. The molecule has 0 radical (unpaired) electrons. The minimum atomic E-state index is -4.76. The van der Waals surface area contributed by atoms with E-state index in [0.717, 1.165) is 51.4 Å². The summed E-state index contributed by atoms with van der Waals surface area (Å²) in [5.74, 6) is -3.03. The number of hydrogen-bond donors (Lipinski definition) is 2. The summed E-state index contributed by atoms with van der Waals surface area (Å²) in [6.45, 7) is 8.35. The largest absolute Gasteiger partial charge is 1.00 e. The van der Waals surface area contributed by atoms with E-state index in [1.807, 2.05) is 13.8 Å². The summed E-state index contributed by atoms with van der Waals surface area (Å²) in [7, 11) is -4.76. The molecule has 0 aromatic rings. The molecule has 196 valence electrons. The van der Waals surface area contributed by atoms with Crippen molar-refractivity contribution in [1.29, 1.82) is 0 Å². The molecular weight excluding hydrogens is 479 g/mol. The van der Waals surface area contributed by atoms with Crippen LogP contribution in [-0.4, -0.2) is 60.7 Å². The van der Waals surface area contributed by atoms with Gasteiger partial charge in [0.2, 0.25) is 6.29 Å². The van der Waals surface area contributed by atoms with Gasteiger partial charge in [-0.2, -0.15) is 8.42 Å². The predicted molar refractivity (Wildman–Crippen MR) is 123 cm³/mol. The summed E-state index contributed by atoms with van der Waals surface area (Å²) in [4.78, 5) is 42.1. The second kappa shape index (κ2) is 22.5. The molecule has 12 heteroatoms. The molecule has 0 amide bonds. The van der Waals surface area contributed by atoms with E-state index in [1.54, 1.807) is 0 Å². The molecule has 10 nitrogen and oxygen atoms in total. The quantitative estimate of drug-likeness (QED) is 0.0910. The molecule has 0 aromatic carbocycles. The van der Waals surface area contributed by atoms with Crippen LogP contribution in [0.15, 0.2) is 0 Å². The minimum absolute atomic E-state index is 0. The molecule has 2 N–H and O–H groups in total. The third kappa shape index (κ3) is 20.4. The summed E-state index contributed by atoms with van der Waals surface area (Å²) in [6, 6.07) is 0.